The first-order chi connectivity index (χ1) is 14.3. The van der Waals surface area contributed by atoms with E-state index in [1.807, 2.05) is 55.5 Å². The molecule has 0 saturated carbocycles. The van der Waals surface area contributed by atoms with E-state index in [4.69, 9.17) is 12.2 Å². The summed E-state index contributed by atoms with van der Waals surface area (Å²) < 4.78 is 0.568. The van der Waals surface area contributed by atoms with Crippen LogP contribution in [0.1, 0.15) is 76.8 Å². The molecule has 1 aliphatic heterocycles. The van der Waals surface area contributed by atoms with Gasteiger partial charge in [0.05, 0.1) is 10.9 Å². The molecule has 0 unspecified atom stereocenters. The van der Waals surface area contributed by atoms with Gasteiger partial charge in [0.25, 0.3) is 5.91 Å². The first-order valence-corrected chi connectivity index (χ1v) is 11.7. The third-order valence-electron chi connectivity index (χ3n) is 5.54. The predicted octanol–water partition coefficient (Wildman–Crippen LogP) is 6.95. The minimum absolute atomic E-state index is 0.0750. The topological polar surface area (TPSA) is 40.5 Å². The Labute approximate surface area is 195 Å². The van der Waals surface area contributed by atoms with Crippen LogP contribution in [-0.2, 0) is 15.6 Å². The van der Waals surface area contributed by atoms with Crippen molar-refractivity contribution in [3.05, 3.63) is 69.6 Å². The molecule has 0 aromatic heterocycles. The third-order valence-corrected chi connectivity index (χ3v) is 6.87. The summed E-state index contributed by atoms with van der Waals surface area (Å²) in [6.07, 6.45) is 1.90. The van der Waals surface area contributed by atoms with Gasteiger partial charge in [-0.05, 0) is 47.1 Å². The molecule has 1 heterocycles. The molecule has 1 atom stereocenters. The highest BCUT2D eigenvalue weighted by Crippen LogP contribution is 2.42. The largest absolute Gasteiger partial charge is 0.507 e. The molecule has 3 rings (SSSR count). The van der Waals surface area contributed by atoms with Crippen LogP contribution in [0.25, 0.3) is 6.08 Å². The number of amides is 1. The SMILES string of the molecule is C[C@@H](c1ccccc1)N1C(=O)/C(=C/c2cc(C(C)(C)C)c(O)c(C(C)(C)C)c2)SC1=S. The predicted molar refractivity (Wildman–Crippen MR) is 135 cm³/mol. The van der Waals surface area contributed by atoms with Gasteiger partial charge in [-0.2, -0.15) is 0 Å². The molecule has 3 nitrogen and oxygen atoms in total. The maximum absolute atomic E-state index is 13.3. The standard InChI is InChI=1S/C26H31NO2S2/c1-16(18-11-9-8-10-12-18)27-23(29)21(31-24(27)30)15-17-13-19(25(2,3)4)22(28)20(14-17)26(5,6)7/h8-16,28H,1-7H3/b21-15-/t16-/m0/s1. The number of hydrogen-bond acceptors (Lipinski definition) is 4. The first kappa shape index (κ1) is 23.6. The molecule has 2 aromatic carbocycles. The van der Waals surface area contributed by atoms with Crippen molar-refractivity contribution in [2.24, 2.45) is 0 Å². The normalized spacial score (nSPS) is 17.5. The third kappa shape index (κ3) is 4.88. The van der Waals surface area contributed by atoms with Gasteiger partial charge in [0, 0.05) is 11.1 Å². The highest BCUT2D eigenvalue weighted by molar-refractivity contribution is 8.26. The van der Waals surface area contributed by atoms with E-state index in [9.17, 15) is 9.90 Å². The zero-order valence-electron chi connectivity index (χ0n) is 19.3. The Morgan fingerprint density at radius 2 is 1.52 bits per heavy atom. The number of thiocarbonyl (C=S) groups is 1. The number of carbonyl (C=O) groups excluding carboxylic acids is 1. The van der Waals surface area contributed by atoms with Crippen LogP contribution < -0.4 is 0 Å². The maximum Gasteiger partial charge on any atom is 0.266 e. The fourth-order valence-corrected chi connectivity index (χ4v) is 5.15. The lowest BCUT2D eigenvalue weighted by molar-refractivity contribution is -0.123. The van der Waals surface area contributed by atoms with Crippen molar-refractivity contribution in [2.75, 3.05) is 0 Å². The number of nitrogens with zero attached hydrogens (tertiary/aromatic N) is 1. The molecule has 2 aromatic rings. The fraction of sp³-hybridized carbons (Fsp3) is 0.385. The molecular weight excluding hydrogens is 422 g/mol. The summed E-state index contributed by atoms with van der Waals surface area (Å²) in [5.41, 5.74) is 3.25. The summed E-state index contributed by atoms with van der Waals surface area (Å²) in [6, 6.07) is 13.8. The molecule has 5 heteroatoms. The van der Waals surface area contributed by atoms with Crippen LogP contribution in [0.15, 0.2) is 47.4 Å². The molecule has 0 radical (unpaired) electrons. The smallest absolute Gasteiger partial charge is 0.266 e. The minimum atomic E-state index is -0.228. The number of phenols is 1. The van der Waals surface area contributed by atoms with Crippen molar-refractivity contribution in [3.63, 3.8) is 0 Å². The highest BCUT2D eigenvalue weighted by Gasteiger charge is 2.36. The van der Waals surface area contributed by atoms with Crippen LogP contribution in [0.3, 0.4) is 0 Å². The van der Waals surface area contributed by atoms with E-state index in [0.29, 0.717) is 15.0 Å². The second-order valence-corrected chi connectivity index (χ2v) is 11.8. The zero-order valence-corrected chi connectivity index (χ0v) is 20.9. The molecule has 164 valence electrons. The summed E-state index contributed by atoms with van der Waals surface area (Å²) in [5, 5.41) is 11.0. The fourth-order valence-electron chi connectivity index (χ4n) is 3.73. The van der Waals surface area contributed by atoms with E-state index in [0.717, 1.165) is 22.3 Å². The lowest BCUT2D eigenvalue weighted by Crippen LogP contribution is -2.30. The van der Waals surface area contributed by atoms with Crippen LogP contribution in [-0.4, -0.2) is 20.2 Å². The van der Waals surface area contributed by atoms with Crippen molar-refractivity contribution >= 4 is 40.3 Å². The number of thioether (sulfide) groups is 1. The Morgan fingerprint density at radius 3 is 2.00 bits per heavy atom. The second-order valence-electron chi connectivity index (χ2n) is 10.1. The van der Waals surface area contributed by atoms with Gasteiger partial charge in [0.1, 0.15) is 10.1 Å². The van der Waals surface area contributed by atoms with Crippen molar-refractivity contribution in [3.8, 4) is 5.75 Å². The van der Waals surface area contributed by atoms with E-state index in [-0.39, 0.29) is 22.8 Å². The maximum atomic E-state index is 13.3. The summed E-state index contributed by atoms with van der Waals surface area (Å²) in [5.74, 6) is 0.261. The summed E-state index contributed by atoms with van der Waals surface area (Å²) >= 11 is 6.90. The van der Waals surface area contributed by atoms with E-state index in [1.54, 1.807) is 4.90 Å². The molecule has 31 heavy (non-hydrogen) atoms. The molecule has 0 spiro atoms. The molecule has 0 bridgehead atoms. The van der Waals surface area contributed by atoms with E-state index < -0.39 is 0 Å². The summed E-state index contributed by atoms with van der Waals surface area (Å²) in [6.45, 7) is 14.5. The molecule has 1 N–H and O–H groups in total. The summed E-state index contributed by atoms with van der Waals surface area (Å²) in [4.78, 5) is 15.6. The first-order valence-electron chi connectivity index (χ1n) is 10.5. The molecule has 1 fully saturated rings. The van der Waals surface area contributed by atoms with Crippen LogP contribution in [0.5, 0.6) is 5.75 Å². The van der Waals surface area contributed by atoms with Crippen LogP contribution in [0, 0.1) is 0 Å². The monoisotopic (exact) mass is 453 g/mol. The highest BCUT2D eigenvalue weighted by atomic mass is 32.2. The van der Waals surface area contributed by atoms with Gasteiger partial charge >= 0.3 is 0 Å². The van der Waals surface area contributed by atoms with Gasteiger partial charge < -0.3 is 5.11 Å². The van der Waals surface area contributed by atoms with Crippen molar-refractivity contribution in [1.82, 2.24) is 4.90 Å². The van der Waals surface area contributed by atoms with Crippen molar-refractivity contribution < 1.29 is 9.90 Å². The van der Waals surface area contributed by atoms with Crippen LogP contribution in [0.4, 0.5) is 0 Å². The Balaban J connectivity index is 2.04. The van der Waals surface area contributed by atoms with E-state index in [2.05, 4.69) is 41.5 Å². The van der Waals surface area contributed by atoms with Crippen molar-refractivity contribution in [2.45, 2.75) is 65.3 Å². The molecule has 1 aliphatic rings. The second kappa shape index (κ2) is 8.44. The number of phenolic OH excluding ortho intramolecular Hbond substituents is 1. The van der Waals surface area contributed by atoms with Gasteiger partial charge in [0.2, 0.25) is 0 Å². The molecule has 1 saturated heterocycles. The average Bonchev–Trinajstić information content (AvgIpc) is 2.94. The van der Waals surface area contributed by atoms with Gasteiger partial charge in [-0.3, -0.25) is 9.69 Å². The van der Waals surface area contributed by atoms with Gasteiger partial charge in [-0.15, -0.1) is 0 Å². The van der Waals surface area contributed by atoms with E-state index >= 15 is 0 Å². The lowest BCUT2D eigenvalue weighted by Gasteiger charge is -2.28. The lowest BCUT2D eigenvalue weighted by atomic mass is 9.78. The number of benzene rings is 2. The van der Waals surface area contributed by atoms with E-state index in [1.165, 1.54) is 11.8 Å². The van der Waals surface area contributed by atoms with Gasteiger partial charge in [-0.25, -0.2) is 0 Å². The van der Waals surface area contributed by atoms with Crippen LogP contribution >= 0.6 is 24.0 Å². The van der Waals surface area contributed by atoms with Crippen LogP contribution in [0.2, 0.25) is 0 Å². The Bertz CT molecular complexity index is 1010. The quantitative estimate of drug-likeness (QED) is 0.403. The Kier molecular flexibility index (Phi) is 6.41. The average molecular weight is 454 g/mol. The van der Waals surface area contributed by atoms with Crippen molar-refractivity contribution in [1.29, 1.82) is 0 Å². The number of carbonyl (C=O) groups is 1. The summed E-state index contributed by atoms with van der Waals surface area (Å²) in [7, 11) is 0. The number of hydrogen-bond donors (Lipinski definition) is 1. The minimum Gasteiger partial charge on any atom is -0.507 e. The zero-order chi connectivity index (χ0) is 23.1. The molecule has 0 aliphatic carbocycles. The molecule has 1 amide bonds. The molecular formula is C26H31NO2S2. The Hall–Kier alpha value is -2.11. The Morgan fingerprint density at radius 1 is 1.00 bits per heavy atom. The van der Waals surface area contributed by atoms with Gasteiger partial charge in [0.15, 0.2) is 0 Å². The number of aromatic hydroxyl groups is 1. The van der Waals surface area contributed by atoms with Gasteiger partial charge in [-0.1, -0.05) is 95.9 Å². The number of rotatable bonds is 3.